The summed E-state index contributed by atoms with van der Waals surface area (Å²) in [6.45, 7) is 1.97. The molecule has 1 amide bonds. The number of carbonyl (C=O) groups excluding carboxylic acids is 1. The van der Waals surface area contributed by atoms with Gasteiger partial charge < -0.3 is 15.4 Å². The van der Waals surface area contributed by atoms with Gasteiger partial charge in [-0.05, 0) is 31.7 Å². The van der Waals surface area contributed by atoms with E-state index in [0.717, 1.165) is 16.8 Å². The lowest BCUT2D eigenvalue weighted by Crippen LogP contribution is -2.30. The van der Waals surface area contributed by atoms with Crippen molar-refractivity contribution >= 4 is 24.0 Å². The molecule has 0 radical (unpaired) electrons. The van der Waals surface area contributed by atoms with Crippen LogP contribution < -0.4 is 10.6 Å². The van der Waals surface area contributed by atoms with Gasteiger partial charge in [0.05, 0.1) is 12.3 Å². The van der Waals surface area contributed by atoms with Gasteiger partial charge in [-0.2, -0.15) is 5.10 Å². The van der Waals surface area contributed by atoms with Crippen molar-refractivity contribution in [2.75, 3.05) is 19.5 Å². The summed E-state index contributed by atoms with van der Waals surface area (Å²) in [7, 11) is 5.24. The Kier molecular flexibility index (Phi) is 7.22. The number of nitrogens with zero attached hydrogens (tertiary/aromatic N) is 2. The zero-order valence-electron chi connectivity index (χ0n) is 13.7. The van der Waals surface area contributed by atoms with Crippen LogP contribution in [0, 0.1) is 0 Å². The standard InChI is InChI=1S/C16H22N4O2.ClH/c1-11(22-4)12-6-5-7-14(8-12)19-16(21)15(17-2)13-9-18-20(3)10-13;/h5-11,15,17H,1-4H3,(H,19,21);1H. The number of aromatic nitrogens is 2. The fourth-order valence-corrected chi connectivity index (χ4v) is 2.26. The van der Waals surface area contributed by atoms with E-state index in [9.17, 15) is 4.79 Å². The Balaban J connectivity index is 0.00000264. The molecule has 2 atom stereocenters. The van der Waals surface area contributed by atoms with Crippen LogP contribution in [0.1, 0.15) is 30.2 Å². The summed E-state index contributed by atoms with van der Waals surface area (Å²) in [6, 6.07) is 7.21. The second-order valence-corrected chi connectivity index (χ2v) is 5.16. The molecule has 2 N–H and O–H groups in total. The number of likely N-dealkylation sites (N-methyl/N-ethyl adjacent to an activating group) is 1. The van der Waals surface area contributed by atoms with Crippen LogP contribution in [0.3, 0.4) is 0 Å². The molecule has 1 aromatic carbocycles. The lowest BCUT2D eigenvalue weighted by Gasteiger charge is -2.16. The zero-order valence-corrected chi connectivity index (χ0v) is 14.6. The molecule has 0 fully saturated rings. The fourth-order valence-electron chi connectivity index (χ4n) is 2.26. The molecule has 0 spiro atoms. The van der Waals surface area contributed by atoms with Gasteiger partial charge in [-0.25, -0.2) is 0 Å². The first-order valence-corrected chi connectivity index (χ1v) is 7.14. The van der Waals surface area contributed by atoms with Gasteiger partial charge in [0.25, 0.3) is 0 Å². The third-order valence-corrected chi connectivity index (χ3v) is 3.59. The summed E-state index contributed by atoms with van der Waals surface area (Å²) in [6.07, 6.45) is 3.49. The summed E-state index contributed by atoms with van der Waals surface area (Å²) < 4.78 is 6.98. The highest BCUT2D eigenvalue weighted by molar-refractivity contribution is 5.95. The number of carbonyl (C=O) groups is 1. The Hall–Kier alpha value is -1.89. The summed E-state index contributed by atoms with van der Waals surface area (Å²) in [5, 5.41) is 10.0. The predicted octanol–water partition coefficient (Wildman–Crippen LogP) is 2.45. The molecule has 1 heterocycles. The van der Waals surface area contributed by atoms with E-state index in [2.05, 4.69) is 15.7 Å². The monoisotopic (exact) mass is 338 g/mol. The Morgan fingerprint density at radius 2 is 2.09 bits per heavy atom. The van der Waals surface area contributed by atoms with Crippen molar-refractivity contribution < 1.29 is 9.53 Å². The quantitative estimate of drug-likeness (QED) is 0.849. The number of rotatable bonds is 6. The third kappa shape index (κ3) is 4.79. The maximum absolute atomic E-state index is 12.5. The third-order valence-electron chi connectivity index (χ3n) is 3.59. The van der Waals surface area contributed by atoms with Gasteiger partial charge in [-0.3, -0.25) is 9.48 Å². The number of anilines is 1. The number of amides is 1. The summed E-state index contributed by atoms with van der Waals surface area (Å²) in [5.41, 5.74) is 2.59. The van der Waals surface area contributed by atoms with Gasteiger partial charge in [-0.1, -0.05) is 12.1 Å². The lowest BCUT2D eigenvalue weighted by molar-refractivity contribution is -0.118. The maximum atomic E-state index is 12.5. The molecule has 0 aliphatic rings. The normalized spacial score (nSPS) is 13.0. The fraction of sp³-hybridized carbons (Fsp3) is 0.375. The second kappa shape index (κ2) is 8.67. The zero-order chi connectivity index (χ0) is 16.1. The molecular weight excluding hydrogens is 316 g/mol. The van der Waals surface area contributed by atoms with E-state index in [1.54, 1.807) is 25.0 Å². The first-order valence-electron chi connectivity index (χ1n) is 7.14. The Bertz CT molecular complexity index is 645. The molecule has 0 aliphatic carbocycles. The van der Waals surface area contributed by atoms with Crippen LogP contribution in [0.2, 0.25) is 0 Å². The summed E-state index contributed by atoms with van der Waals surface area (Å²) in [4.78, 5) is 12.5. The molecule has 2 unspecified atom stereocenters. The number of benzene rings is 1. The first kappa shape index (κ1) is 19.2. The summed E-state index contributed by atoms with van der Waals surface area (Å²) in [5.74, 6) is -0.127. The molecule has 0 saturated heterocycles. The van der Waals surface area contributed by atoms with Crippen LogP contribution in [-0.4, -0.2) is 29.8 Å². The van der Waals surface area contributed by atoms with E-state index >= 15 is 0 Å². The average molecular weight is 339 g/mol. The van der Waals surface area contributed by atoms with Crippen LogP contribution >= 0.6 is 12.4 Å². The smallest absolute Gasteiger partial charge is 0.246 e. The van der Waals surface area contributed by atoms with Crippen molar-refractivity contribution in [3.05, 3.63) is 47.8 Å². The Morgan fingerprint density at radius 3 is 2.65 bits per heavy atom. The van der Waals surface area contributed by atoms with Crippen LogP contribution in [0.5, 0.6) is 0 Å². The number of nitrogens with one attached hydrogen (secondary N) is 2. The van der Waals surface area contributed by atoms with E-state index in [1.165, 1.54) is 0 Å². The Morgan fingerprint density at radius 1 is 1.35 bits per heavy atom. The molecule has 2 aromatic rings. The minimum atomic E-state index is -0.447. The van der Waals surface area contributed by atoms with Crippen LogP contribution in [0.15, 0.2) is 36.7 Å². The predicted molar refractivity (Wildman–Crippen MR) is 92.8 cm³/mol. The highest BCUT2D eigenvalue weighted by Crippen LogP contribution is 2.21. The van der Waals surface area contributed by atoms with Gasteiger partial charge in [-0.15, -0.1) is 12.4 Å². The number of halogens is 1. The topological polar surface area (TPSA) is 68.2 Å². The van der Waals surface area contributed by atoms with Gasteiger partial charge in [0.15, 0.2) is 0 Å². The number of hydrogen-bond donors (Lipinski definition) is 2. The van der Waals surface area contributed by atoms with Gasteiger partial charge in [0, 0.05) is 31.6 Å². The van der Waals surface area contributed by atoms with Crippen LogP contribution in [-0.2, 0) is 16.6 Å². The van der Waals surface area contributed by atoms with E-state index in [0.29, 0.717) is 0 Å². The highest BCUT2D eigenvalue weighted by atomic mass is 35.5. The SMILES string of the molecule is CNC(C(=O)Nc1cccc(C(C)OC)c1)c1cnn(C)c1.Cl. The number of aryl methyl sites for hydroxylation is 1. The van der Waals surface area contributed by atoms with E-state index in [1.807, 2.05) is 44.4 Å². The molecule has 23 heavy (non-hydrogen) atoms. The molecule has 7 heteroatoms. The van der Waals surface area contributed by atoms with Gasteiger partial charge in [0.2, 0.25) is 5.91 Å². The van der Waals surface area contributed by atoms with Crippen molar-refractivity contribution in [3.63, 3.8) is 0 Å². The average Bonchev–Trinajstić information content (AvgIpc) is 2.93. The van der Waals surface area contributed by atoms with Gasteiger partial charge in [0.1, 0.15) is 6.04 Å². The van der Waals surface area contributed by atoms with Crippen molar-refractivity contribution in [1.82, 2.24) is 15.1 Å². The maximum Gasteiger partial charge on any atom is 0.246 e. The van der Waals surface area contributed by atoms with Crippen molar-refractivity contribution in [2.45, 2.75) is 19.1 Å². The number of ether oxygens (including phenoxy) is 1. The lowest BCUT2D eigenvalue weighted by atomic mass is 10.1. The largest absolute Gasteiger partial charge is 0.377 e. The molecule has 0 aliphatic heterocycles. The Labute approximate surface area is 142 Å². The van der Waals surface area contributed by atoms with E-state index in [-0.39, 0.29) is 24.4 Å². The molecule has 1 aromatic heterocycles. The van der Waals surface area contributed by atoms with Crippen LogP contribution in [0.25, 0.3) is 0 Å². The number of methoxy groups -OCH3 is 1. The minimum Gasteiger partial charge on any atom is -0.377 e. The van der Waals surface area contributed by atoms with E-state index in [4.69, 9.17) is 4.74 Å². The van der Waals surface area contributed by atoms with Gasteiger partial charge >= 0.3 is 0 Å². The second-order valence-electron chi connectivity index (χ2n) is 5.16. The molecule has 0 saturated carbocycles. The van der Waals surface area contributed by atoms with Crippen molar-refractivity contribution in [3.8, 4) is 0 Å². The van der Waals surface area contributed by atoms with Crippen molar-refractivity contribution in [1.29, 1.82) is 0 Å². The summed E-state index contributed by atoms with van der Waals surface area (Å²) >= 11 is 0. The highest BCUT2D eigenvalue weighted by Gasteiger charge is 2.20. The molecular formula is C16H23ClN4O2. The van der Waals surface area contributed by atoms with E-state index < -0.39 is 6.04 Å². The molecule has 0 bridgehead atoms. The minimum absolute atomic E-state index is 0. The van der Waals surface area contributed by atoms with Crippen molar-refractivity contribution in [2.24, 2.45) is 7.05 Å². The molecule has 6 nitrogen and oxygen atoms in total. The number of hydrogen-bond acceptors (Lipinski definition) is 4. The van der Waals surface area contributed by atoms with Crippen LogP contribution in [0.4, 0.5) is 5.69 Å². The first-order chi connectivity index (χ1) is 10.5. The molecule has 126 valence electrons. The molecule has 2 rings (SSSR count).